The number of nitrogens with two attached hydrogens (primary N) is 1. The van der Waals surface area contributed by atoms with Crippen molar-refractivity contribution in [1.82, 2.24) is 0 Å². The fraction of sp³-hybridized carbons (Fsp3) is 0.357. The number of benzene rings is 1. The van der Waals surface area contributed by atoms with E-state index >= 15 is 0 Å². The maximum atomic E-state index is 12.0. The van der Waals surface area contributed by atoms with Gasteiger partial charge in [0.05, 0.1) is 0 Å². The van der Waals surface area contributed by atoms with Crippen molar-refractivity contribution in [1.29, 1.82) is 0 Å². The molecule has 1 aromatic carbocycles. The zero-order valence-electron chi connectivity index (χ0n) is 9.41. The largest absolute Gasteiger partial charge is 0.399 e. The van der Waals surface area contributed by atoms with Crippen LogP contribution in [0.15, 0.2) is 35.9 Å². The zero-order chi connectivity index (χ0) is 11.4. The highest BCUT2D eigenvalue weighted by Crippen LogP contribution is 2.19. The lowest BCUT2D eigenvalue weighted by molar-refractivity contribution is -0.115. The highest BCUT2D eigenvalue weighted by molar-refractivity contribution is 5.96. The molecule has 0 aliphatic heterocycles. The molecule has 0 saturated heterocycles. The van der Waals surface area contributed by atoms with E-state index in [4.69, 9.17) is 5.73 Å². The van der Waals surface area contributed by atoms with Crippen molar-refractivity contribution >= 4 is 11.5 Å². The Kier molecular flexibility index (Phi) is 3.40. The van der Waals surface area contributed by atoms with E-state index in [2.05, 4.69) is 6.08 Å². The van der Waals surface area contributed by atoms with Gasteiger partial charge in [0.2, 0.25) is 0 Å². The first-order valence-electron chi connectivity index (χ1n) is 5.82. The SMILES string of the molecule is Nc1ccc(CC(=O)C2=CCCCC2)cc1. The molecule has 0 bridgehead atoms. The van der Waals surface area contributed by atoms with Gasteiger partial charge in [-0.3, -0.25) is 4.79 Å². The molecule has 0 unspecified atom stereocenters. The van der Waals surface area contributed by atoms with Crippen molar-refractivity contribution in [3.63, 3.8) is 0 Å². The molecule has 0 aromatic heterocycles. The summed E-state index contributed by atoms with van der Waals surface area (Å²) in [7, 11) is 0. The molecule has 16 heavy (non-hydrogen) atoms. The third kappa shape index (κ3) is 2.72. The van der Waals surface area contributed by atoms with Crippen LogP contribution in [0, 0.1) is 0 Å². The van der Waals surface area contributed by atoms with E-state index in [0.29, 0.717) is 6.42 Å². The molecule has 0 heterocycles. The molecule has 2 nitrogen and oxygen atoms in total. The molecular weight excluding hydrogens is 198 g/mol. The highest BCUT2D eigenvalue weighted by Gasteiger charge is 2.12. The van der Waals surface area contributed by atoms with Gasteiger partial charge in [-0.25, -0.2) is 0 Å². The molecule has 0 spiro atoms. The van der Waals surface area contributed by atoms with Crippen LogP contribution in [-0.2, 0) is 11.2 Å². The van der Waals surface area contributed by atoms with Crippen LogP contribution in [0.4, 0.5) is 5.69 Å². The van der Waals surface area contributed by atoms with Gasteiger partial charge in [-0.1, -0.05) is 18.2 Å². The molecule has 1 aromatic rings. The maximum absolute atomic E-state index is 12.0. The van der Waals surface area contributed by atoms with Crippen LogP contribution >= 0.6 is 0 Å². The molecule has 2 heteroatoms. The molecule has 1 aliphatic rings. The van der Waals surface area contributed by atoms with E-state index in [0.717, 1.165) is 36.1 Å². The summed E-state index contributed by atoms with van der Waals surface area (Å²) >= 11 is 0. The summed E-state index contributed by atoms with van der Waals surface area (Å²) in [5.74, 6) is 0.268. The number of Topliss-reactive ketones (excluding diaryl/α,β-unsaturated/α-hetero) is 1. The second kappa shape index (κ2) is 4.97. The third-order valence-corrected chi connectivity index (χ3v) is 2.99. The van der Waals surface area contributed by atoms with Gasteiger partial charge in [-0.2, -0.15) is 0 Å². The molecule has 1 aliphatic carbocycles. The lowest BCUT2D eigenvalue weighted by Gasteiger charge is -2.11. The molecular formula is C14H17NO. The van der Waals surface area contributed by atoms with Crippen LogP contribution < -0.4 is 5.73 Å². The molecule has 0 fully saturated rings. The Morgan fingerprint density at radius 3 is 2.56 bits per heavy atom. The van der Waals surface area contributed by atoms with Crippen molar-refractivity contribution < 1.29 is 4.79 Å². The Morgan fingerprint density at radius 2 is 1.94 bits per heavy atom. The molecule has 2 N–H and O–H groups in total. The van der Waals surface area contributed by atoms with Crippen molar-refractivity contribution in [3.8, 4) is 0 Å². The Bertz CT molecular complexity index is 403. The van der Waals surface area contributed by atoms with Crippen LogP contribution in [0.1, 0.15) is 31.2 Å². The van der Waals surface area contributed by atoms with Gasteiger partial charge in [-0.15, -0.1) is 0 Å². The predicted octanol–water partition coefficient (Wildman–Crippen LogP) is 2.88. The number of anilines is 1. The lowest BCUT2D eigenvalue weighted by Crippen LogP contribution is -2.08. The summed E-state index contributed by atoms with van der Waals surface area (Å²) in [5, 5.41) is 0. The second-order valence-electron chi connectivity index (χ2n) is 4.32. The number of ketones is 1. The summed E-state index contributed by atoms with van der Waals surface area (Å²) in [6, 6.07) is 7.54. The highest BCUT2D eigenvalue weighted by atomic mass is 16.1. The average molecular weight is 215 g/mol. The van der Waals surface area contributed by atoms with Gasteiger partial charge in [0.15, 0.2) is 5.78 Å². The van der Waals surface area contributed by atoms with Crippen LogP contribution in [0.3, 0.4) is 0 Å². The van der Waals surface area contributed by atoms with Crippen molar-refractivity contribution in [2.75, 3.05) is 5.73 Å². The molecule has 0 amide bonds. The van der Waals surface area contributed by atoms with Crippen molar-refractivity contribution in [2.45, 2.75) is 32.1 Å². The Hall–Kier alpha value is -1.57. The zero-order valence-corrected chi connectivity index (χ0v) is 9.41. The molecule has 0 radical (unpaired) electrons. The summed E-state index contributed by atoms with van der Waals surface area (Å²) in [6.45, 7) is 0. The first kappa shape index (κ1) is 10.9. The van der Waals surface area contributed by atoms with Crippen molar-refractivity contribution in [2.24, 2.45) is 0 Å². The average Bonchev–Trinajstić information content (AvgIpc) is 2.33. The topological polar surface area (TPSA) is 43.1 Å². The predicted molar refractivity (Wildman–Crippen MR) is 66.1 cm³/mol. The Labute approximate surface area is 96.2 Å². The fourth-order valence-corrected chi connectivity index (χ4v) is 2.03. The van der Waals surface area contributed by atoms with Crippen LogP contribution in [0.25, 0.3) is 0 Å². The van der Waals surface area contributed by atoms with Gasteiger partial charge < -0.3 is 5.73 Å². The number of allylic oxidation sites excluding steroid dienone is 2. The maximum Gasteiger partial charge on any atom is 0.162 e. The van der Waals surface area contributed by atoms with Gasteiger partial charge in [0.25, 0.3) is 0 Å². The molecule has 0 atom stereocenters. The van der Waals surface area contributed by atoms with E-state index in [9.17, 15) is 4.79 Å². The van der Waals surface area contributed by atoms with E-state index < -0.39 is 0 Å². The van der Waals surface area contributed by atoms with E-state index in [1.807, 2.05) is 24.3 Å². The fourth-order valence-electron chi connectivity index (χ4n) is 2.03. The minimum absolute atomic E-state index is 0.268. The quantitative estimate of drug-likeness (QED) is 0.788. The van der Waals surface area contributed by atoms with Crippen LogP contribution in [0.2, 0.25) is 0 Å². The van der Waals surface area contributed by atoms with Gasteiger partial charge in [-0.05, 0) is 49.0 Å². The monoisotopic (exact) mass is 215 g/mol. The van der Waals surface area contributed by atoms with E-state index in [1.165, 1.54) is 6.42 Å². The first-order chi connectivity index (χ1) is 7.75. The summed E-state index contributed by atoms with van der Waals surface area (Å²) in [4.78, 5) is 12.0. The second-order valence-corrected chi connectivity index (χ2v) is 4.32. The van der Waals surface area contributed by atoms with E-state index in [-0.39, 0.29) is 5.78 Å². The Balaban J connectivity index is 2.01. The number of nitrogen functional groups attached to an aromatic ring is 1. The number of rotatable bonds is 3. The molecule has 2 rings (SSSR count). The normalized spacial score (nSPS) is 15.6. The van der Waals surface area contributed by atoms with Gasteiger partial charge >= 0.3 is 0 Å². The van der Waals surface area contributed by atoms with Crippen LogP contribution in [-0.4, -0.2) is 5.78 Å². The Morgan fingerprint density at radius 1 is 1.19 bits per heavy atom. The number of carbonyl (C=O) groups is 1. The minimum atomic E-state index is 0.268. The minimum Gasteiger partial charge on any atom is -0.399 e. The number of hydrogen-bond acceptors (Lipinski definition) is 2. The third-order valence-electron chi connectivity index (χ3n) is 2.99. The summed E-state index contributed by atoms with van der Waals surface area (Å²) in [5.41, 5.74) is 8.41. The van der Waals surface area contributed by atoms with Crippen molar-refractivity contribution in [3.05, 3.63) is 41.5 Å². The summed E-state index contributed by atoms with van der Waals surface area (Å²) < 4.78 is 0. The molecule has 0 saturated carbocycles. The number of hydrogen-bond donors (Lipinski definition) is 1. The standard InChI is InChI=1S/C14H17NO/c15-13-8-6-11(7-9-13)10-14(16)12-4-2-1-3-5-12/h4,6-9H,1-3,5,10,15H2. The van der Waals surface area contributed by atoms with Gasteiger partial charge in [0, 0.05) is 12.1 Å². The van der Waals surface area contributed by atoms with Crippen LogP contribution in [0.5, 0.6) is 0 Å². The van der Waals surface area contributed by atoms with Gasteiger partial charge in [0.1, 0.15) is 0 Å². The first-order valence-corrected chi connectivity index (χ1v) is 5.82. The van der Waals surface area contributed by atoms with E-state index in [1.54, 1.807) is 0 Å². The summed E-state index contributed by atoms with van der Waals surface area (Å²) in [6.07, 6.45) is 6.99. The molecule has 84 valence electrons. The lowest BCUT2D eigenvalue weighted by atomic mass is 9.93. The number of carbonyl (C=O) groups excluding carboxylic acids is 1. The smallest absolute Gasteiger partial charge is 0.162 e.